The van der Waals surface area contributed by atoms with Gasteiger partial charge in [0, 0.05) is 10.5 Å². The number of esters is 1. The largest absolute Gasteiger partial charge is 0.493 e. The Labute approximate surface area is 160 Å². The molecule has 0 amide bonds. The minimum absolute atomic E-state index is 0.0465. The van der Waals surface area contributed by atoms with Gasteiger partial charge in [-0.2, -0.15) is 0 Å². The molecule has 26 heavy (non-hydrogen) atoms. The fraction of sp³-hybridized carbons (Fsp3) is 0.235. The molecule has 0 aliphatic heterocycles. The molecule has 0 fully saturated rings. The second-order valence-electron chi connectivity index (χ2n) is 5.06. The first-order chi connectivity index (χ1) is 12.3. The van der Waals surface area contributed by atoms with Crippen LogP contribution in [0.5, 0.6) is 11.5 Å². The van der Waals surface area contributed by atoms with Gasteiger partial charge in [0.25, 0.3) is 10.0 Å². The maximum atomic E-state index is 13.2. The average molecular weight is 444 g/mol. The number of halogens is 1. The van der Waals surface area contributed by atoms with Crippen LogP contribution >= 0.6 is 15.9 Å². The molecule has 0 aliphatic rings. The van der Waals surface area contributed by atoms with Crippen LogP contribution in [-0.2, 0) is 19.6 Å². The van der Waals surface area contributed by atoms with Gasteiger partial charge in [0.05, 0.1) is 31.9 Å². The highest BCUT2D eigenvalue weighted by molar-refractivity contribution is 9.10. The highest BCUT2D eigenvalue weighted by Crippen LogP contribution is 2.34. The Kier molecular flexibility index (Phi) is 6.49. The first kappa shape index (κ1) is 20.1. The van der Waals surface area contributed by atoms with E-state index in [1.54, 1.807) is 24.3 Å². The van der Waals surface area contributed by atoms with Gasteiger partial charge < -0.3 is 14.2 Å². The van der Waals surface area contributed by atoms with Crippen molar-refractivity contribution in [2.24, 2.45) is 0 Å². The molecular weight excluding hydrogens is 426 g/mol. The summed E-state index contributed by atoms with van der Waals surface area (Å²) in [6, 6.07) is 10.9. The number of hydrogen-bond acceptors (Lipinski definition) is 6. The Hall–Kier alpha value is -2.26. The number of carbonyl (C=O) groups is 1. The van der Waals surface area contributed by atoms with E-state index >= 15 is 0 Å². The van der Waals surface area contributed by atoms with Crippen LogP contribution in [0.3, 0.4) is 0 Å². The predicted octanol–water partition coefficient (Wildman–Crippen LogP) is 2.83. The first-order valence-corrected chi connectivity index (χ1v) is 9.64. The molecule has 0 N–H and O–H groups in total. The van der Waals surface area contributed by atoms with Gasteiger partial charge >= 0.3 is 5.97 Å². The summed E-state index contributed by atoms with van der Waals surface area (Å²) >= 11 is 3.32. The molecule has 0 heterocycles. The monoisotopic (exact) mass is 443 g/mol. The third kappa shape index (κ3) is 4.10. The van der Waals surface area contributed by atoms with E-state index in [1.807, 2.05) is 0 Å². The molecular formula is C17H18BrNO6S. The zero-order valence-corrected chi connectivity index (χ0v) is 16.8. The van der Waals surface area contributed by atoms with Crippen molar-refractivity contribution in [1.82, 2.24) is 0 Å². The van der Waals surface area contributed by atoms with Gasteiger partial charge in [-0.15, -0.1) is 0 Å². The van der Waals surface area contributed by atoms with Gasteiger partial charge in [-0.1, -0.05) is 12.1 Å². The molecule has 0 bridgehead atoms. The zero-order valence-electron chi connectivity index (χ0n) is 14.4. The summed E-state index contributed by atoms with van der Waals surface area (Å²) < 4.78 is 42.9. The molecule has 0 unspecified atom stereocenters. The molecule has 2 rings (SSSR count). The lowest BCUT2D eigenvalue weighted by Crippen LogP contribution is -2.36. The van der Waals surface area contributed by atoms with Gasteiger partial charge in [0.1, 0.15) is 6.54 Å². The summed E-state index contributed by atoms with van der Waals surface area (Å²) in [5.41, 5.74) is 0.313. The number of para-hydroxylation sites is 1. The van der Waals surface area contributed by atoms with E-state index in [-0.39, 0.29) is 10.6 Å². The van der Waals surface area contributed by atoms with Crippen molar-refractivity contribution in [1.29, 1.82) is 0 Å². The molecule has 9 heteroatoms. The summed E-state index contributed by atoms with van der Waals surface area (Å²) in [5, 5.41) is 0. The first-order valence-electron chi connectivity index (χ1n) is 7.41. The van der Waals surface area contributed by atoms with Crippen LogP contribution in [0.2, 0.25) is 0 Å². The van der Waals surface area contributed by atoms with E-state index in [1.165, 1.54) is 39.5 Å². The van der Waals surface area contributed by atoms with E-state index in [2.05, 4.69) is 20.7 Å². The second kappa shape index (κ2) is 8.41. The number of ether oxygens (including phenoxy) is 3. The SMILES string of the molecule is COC(=O)CN(c1ccccc1Br)S(=O)(=O)c1ccc(OC)c(OC)c1. The van der Waals surface area contributed by atoms with Gasteiger partial charge in [-0.05, 0) is 40.2 Å². The maximum Gasteiger partial charge on any atom is 0.326 e. The second-order valence-corrected chi connectivity index (χ2v) is 7.77. The lowest BCUT2D eigenvalue weighted by atomic mass is 10.3. The minimum Gasteiger partial charge on any atom is -0.493 e. The van der Waals surface area contributed by atoms with E-state index in [0.717, 1.165) is 4.31 Å². The number of sulfonamides is 1. The van der Waals surface area contributed by atoms with Gasteiger partial charge in [0.15, 0.2) is 11.5 Å². The van der Waals surface area contributed by atoms with Crippen molar-refractivity contribution in [3.8, 4) is 11.5 Å². The van der Waals surface area contributed by atoms with Crippen molar-refractivity contribution in [2.45, 2.75) is 4.90 Å². The standard InChI is InChI=1S/C17H18BrNO6S/c1-23-15-9-8-12(10-16(15)24-2)26(21,22)19(11-17(20)25-3)14-7-5-4-6-13(14)18/h4-10H,11H2,1-3H3. The Morgan fingerprint density at radius 3 is 2.27 bits per heavy atom. The van der Waals surface area contributed by atoms with Gasteiger partial charge in [-0.3, -0.25) is 9.10 Å². The third-order valence-electron chi connectivity index (χ3n) is 3.56. The van der Waals surface area contributed by atoms with E-state index in [4.69, 9.17) is 9.47 Å². The van der Waals surface area contributed by atoms with Crippen LogP contribution in [0.1, 0.15) is 0 Å². The average Bonchev–Trinajstić information content (AvgIpc) is 2.65. The summed E-state index contributed by atoms with van der Waals surface area (Å²) in [7, 11) is -0.00842. The van der Waals surface area contributed by atoms with E-state index in [0.29, 0.717) is 15.9 Å². The topological polar surface area (TPSA) is 82.1 Å². The number of rotatable bonds is 7. The minimum atomic E-state index is -4.07. The third-order valence-corrected chi connectivity index (χ3v) is 5.99. The van der Waals surface area contributed by atoms with Gasteiger partial charge in [0.2, 0.25) is 0 Å². The summed E-state index contributed by atoms with van der Waals surface area (Å²) in [6.07, 6.45) is 0. The van der Waals surface area contributed by atoms with Crippen LogP contribution < -0.4 is 13.8 Å². The highest BCUT2D eigenvalue weighted by Gasteiger charge is 2.29. The van der Waals surface area contributed by atoms with Crippen molar-refractivity contribution >= 4 is 37.6 Å². The molecule has 0 atom stereocenters. The lowest BCUT2D eigenvalue weighted by molar-refractivity contribution is -0.138. The fourth-order valence-corrected chi connectivity index (χ4v) is 4.30. The van der Waals surface area contributed by atoms with Crippen LogP contribution in [0.25, 0.3) is 0 Å². The predicted molar refractivity (Wildman–Crippen MR) is 100 cm³/mol. The van der Waals surface area contributed by atoms with Crippen molar-refractivity contribution in [2.75, 3.05) is 32.2 Å². The number of hydrogen-bond donors (Lipinski definition) is 0. The molecule has 7 nitrogen and oxygen atoms in total. The van der Waals surface area contributed by atoms with E-state index < -0.39 is 22.5 Å². The molecule has 2 aromatic carbocycles. The normalized spacial score (nSPS) is 10.9. The summed E-state index contributed by atoms with van der Waals surface area (Å²) in [4.78, 5) is 11.8. The Bertz CT molecular complexity index is 900. The molecule has 0 radical (unpaired) electrons. The summed E-state index contributed by atoms with van der Waals surface area (Å²) in [6.45, 7) is -0.476. The van der Waals surface area contributed by atoms with Crippen LogP contribution in [0, 0.1) is 0 Å². The smallest absolute Gasteiger partial charge is 0.326 e. The molecule has 0 saturated carbocycles. The quantitative estimate of drug-likeness (QED) is 0.611. The zero-order chi connectivity index (χ0) is 19.3. The number of benzene rings is 2. The van der Waals surface area contributed by atoms with Crippen molar-refractivity contribution in [3.05, 3.63) is 46.9 Å². The Balaban J connectivity index is 2.59. The van der Waals surface area contributed by atoms with Gasteiger partial charge in [-0.25, -0.2) is 8.42 Å². The molecule has 0 aromatic heterocycles. The molecule has 140 valence electrons. The molecule has 0 aliphatic carbocycles. The van der Waals surface area contributed by atoms with Crippen LogP contribution in [-0.4, -0.2) is 42.3 Å². The number of anilines is 1. The summed E-state index contributed by atoms with van der Waals surface area (Å²) in [5.74, 6) is -0.0321. The van der Waals surface area contributed by atoms with Crippen molar-refractivity contribution in [3.63, 3.8) is 0 Å². The lowest BCUT2D eigenvalue weighted by Gasteiger charge is -2.24. The molecule has 0 saturated heterocycles. The van der Waals surface area contributed by atoms with E-state index in [9.17, 15) is 13.2 Å². The number of methoxy groups -OCH3 is 3. The number of carbonyl (C=O) groups excluding carboxylic acids is 1. The molecule has 0 spiro atoms. The molecule has 2 aromatic rings. The highest BCUT2D eigenvalue weighted by atomic mass is 79.9. The number of nitrogens with zero attached hydrogens (tertiary/aromatic N) is 1. The van der Waals surface area contributed by atoms with Crippen LogP contribution in [0.15, 0.2) is 51.8 Å². The maximum absolute atomic E-state index is 13.2. The van der Waals surface area contributed by atoms with Crippen molar-refractivity contribution < 1.29 is 27.4 Å². The Morgan fingerprint density at radius 2 is 1.69 bits per heavy atom. The van der Waals surface area contributed by atoms with Crippen LogP contribution in [0.4, 0.5) is 5.69 Å². The Morgan fingerprint density at radius 1 is 1.04 bits per heavy atom. The fourth-order valence-electron chi connectivity index (χ4n) is 2.24.